The van der Waals surface area contributed by atoms with E-state index in [1.165, 1.54) is 25.4 Å². The molecule has 36 heavy (non-hydrogen) atoms. The number of carbonyl (C=O) groups excluding carboxylic acids is 2. The van der Waals surface area contributed by atoms with E-state index in [4.69, 9.17) is 16.3 Å². The number of aromatic nitrogens is 2. The number of nitrogens with one attached hydrogen (secondary N) is 1. The lowest BCUT2D eigenvalue weighted by molar-refractivity contribution is -0.131. The summed E-state index contributed by atoms with van der Waals surface area (Å²) >= 11 is 6.52. The summed E-state index contributed by atoms with van der Waals surface area (Å²) < 4.78 is 35.7. The molecule has 4 rings (SSSR count). The predicted molar refractivity (Wildman–Crippen MR) is 132 cm³/mol. The molecule has 8 nitrogen and oxygen atoms in total. The van der Waals surface area contributed by atoms with Crippen LogP contribution in [0.3, 0.4) is 0 Å². The van der Waals surface area contributed by atoms with Gasteiger partial charge in [-0.2, -0.15) is 4.39 Å². The molecule has 1 saturated heterocycles. The summed E-state index contributed by atoms with van der Waals surface area (Å²) in [7, 11) is 2.98. The van der Waals surface area contributed by atoms with Crippen molar-refractivity contribution in [2.45, 2.75) is 6.92 Å². The Hall–Kier alpha value is -3.50. The molecule has 190 valence electrons. The van der Waals surface area contributed by atoms with Gasteiger partial charge in [0.25, 0.3) is 5.91 Å². The Morgan fingerprint density at radius 3 is 2.42 bits per heavy atom. The van der Waals surface area contributed by atoms with Crippen LogP contribution in [0, 0.1) is 18.6 Å². The van der Waals surface area contributed by atoms with Gasteiger partial charge in [-0.25, -0.2) is 9.37 Å². The number of likely N-dealkylation sites (N-methyl/N-ethyl adjacent to an activating group) is 1. The highest BCUT2D eigenvalue weighted by atomic mass is 35.5. The molecule has 2 aromatic carbocycles. The normalized spacial score (nSPS) is 13.7. The van der Waals surface area contributed by atoms with Gasteiger partial charge in [-0.1, -0.05) is 11.6 Å². The number of halogens is 3. The molecule has 1 aromatic heterocycles. The van der Waals surface area contributed by atoms with E-state index in [1.807, 2.05) is 0 Å². The molecular weight excluding hydrogens is 492 g/mol. The van der Waals surface area contributed by atoms with Crippen LogP contribution in [-0.2, 0) is 4.79 Å². The smallest absolute Gasteiger partial charge is 0.255 e. The van der Waals surface area contributed by atoms with Crippen LogP contribution in [0.5, 0.6) is 5.75 Å². The van der Waals surface area contributed by atoms with Crippen molar-refractivity contribution in [2.75, 3.05) is 46.9 Å². The van der Waals surface area contributed by atoms with Crippen LogP contribution in [0.25, 0.3) is 16.9 Å². The number of benzene rings is 2. The lowest BCUT2D eigenvalue weighted by Crippen LogP contribution is -2.52. The highest BCUT2D eigenvalue weighted by molar-refractivity contribution is 6.34. The highest BCUT2D eigenvalue weighted by Crippen LogP contribution is 2.33. The van der Waals surface area contributed by atoms with E-state index >= 15 is 0 Å². The number of piperazine rings is 1. The first-order valence-corrected chi connectivity index (χ1v) is 11.7. The first kappa shape index (κ1) is 25.6. The number of nitrogens with zero attached hydrogens (tertiary/aromatic N) is 4. The molecular formula is C25H26ClF2N5O3. The van der Waals surface area contributed by atoms with Gasteiger partial charge in [0.2, 0.25) is 11.7 Å². The number of ether oxygens (including phenoxy) is 1. The molecule has 0 saturated carbocycles. The summed E-state index contributed by atoms with van der Waals surface area (Å²) in [4.78, 5) is 32.8. The van der Waals surface area contributed by atoms with Crippen LogP contribution in [0.2, 0.25) is 5.02 Å². The average Bonchev–Trinajstić information content (AvgIpc) is 3.26. The molecule has 0 spiro atoms. The Kier molecular flexibility index (Phi) is 7.56. The van der Waals surface area contributed by atoms with Crippen molar-refractivity contribution in [3.63, 3.8) is 0 Å². The summed E-state index contributed by atoms with van der Waals surface area (Å²) in [6.07, 6.45) is 1.45. The van der Waals surface area contributed by atoms with Crippen LogP contribution in [0.4, 0.5) is 8.78 Å². The van der Waals surface area contributed by atoms with E-state index in [0.29, 0.717) is 48.9 Å². The lowest BCUT2D eigenvalue weighted by Gasteiger charge is -2.35. The number of methoxy groups -OCH3 is 1. The third-order valence-corrected chi connectivity index (χ3v) is 6.48. The van der Waals surface area contributed by atoms with Gasteiger partial charge in [0, 0.05) is 37.4 Å². The maximum Gasteiger partial charge on any atom is 0.255 e. The van der Waals surface area contributed by atoms with Crippen LogP contribution in [-0.4, -0.2) is 78.0 Å². The number of aryl methyl sites for hydroxylation is 1. The van der Waals surface area contributed by atoms with Crippen molar-refractivity contribution < 1.29 is 23.1 Å². The predicted octanol–water partition coefficient (Wildman–Crippen LogP) is 3.29. The number of imidazole rings is 1. The van der Waals surface area contributed by atoms with Gasteiger partial charge >= 0.3 is 0 Å². The van der Waals surface area contributed by atoms with Crippen molar-refractivity contribution >= 4 is 23.4 Å². The molecule has 0 radical (unpaired) electrons. The molecule has 1 fully saturated rings. The highest BCUT2D eigenvalue weighted by Gasteiger charge is 2.26. The zero-order valence-electron chi connectivity index (χ0n) is 20.1. The molecule has 3 aromatic rings. The maximum absolute atomic E-state index is 14.8. The van der Waals surface area contributed by atoms with Crippen molar-refractivity contribution in [3.05, 3.63) is 64.6 Å². The number of carbonyl (C=O) groups is 2. The fraction of sp³-hybridized carbons (Fsp3) is 0.320. The number of hydrogen-bond donors (Lipinski definition) is 1. The van der Waals surface area contributed by atoms with Gasteiger partial charge in [0.15, 0.2) is 11.6 Å². The fourth-order valence-electron chi connectivity index (χ4n) is 4.26. The Morgan fingerprint density at radius 1 is 1.08 bits per heavy atom. The van der Waals surface area contributed by atoms with Crippen LogP contribution in [0.1, 0.15) is 16.2 Å². The average molecular weight is 518 g/mol. The summed E-state index contributed by atoms with van der Waals surface area (Å²) in [5.74, 6) is -2.06. The first-order chi connectivity index (χ1) is 17.3. The van der Waals surface area contributed by atoms with Gasteiger partial charge in [0.05, 0.1) is 36.1 Å². The van der Waals surface area contributed by atoms with Gasteiger partial charge in [0.1, 0.15) is 5.82 Å². The molecule has 0 unspecified atom stereocenters. The number of amides is 2. The van der Waals surface area contributed by atoms with Gasteiger partial charge in [-0.3, -0.25) is 14.2 Å². The maximum atomic E-state index is 14.8. The van der Waals surface area contributed by atoms with Crippen molar-refractivity contribution in [1.29, 1.82) is 0 Å². The van der Waals surface area contributed by atoms with Gasteiger partial charge < -0.3 is 19.9 Å². The van der Waals surface area contributed by atoms with E-state index in [2.05, 4.69) is 10.3 Å². The minimum Gasteiger partial charge on any atom is -0.494 e. The Morgan fingerprint density at radius 2 is 1.78 bits per heavy atom. The molecule has 0 atom stereocenters. The van der Waals surface area contributed by atoms with Crippen LogP contribution >= 0.6 is 11.6 Å². The summed E-state index contributed by atoms with van der Waals surface area (Å²) in [6, 6.07) is 7.65. The molecule has 1 aliphatic heterocycles. The minimum atomic E-state index is -1.09. The summed E-state index contributed by atoms with van der Waals surface area (Å²) in [5, 5.41) is 3.05. The van der Waals surface area contributed by atoms with Crippen molar-refractivity contribution in [3.8, 4) is 22.7 Å². The lowest BCUT2D eigenvalue weighted by atomic mass is 10.1. The first-order valence-electron chi connectivity index (χ1n) is 11.3. The Balaban J connectivity index is 1.59. The second kappa shape index (κ2) is 10.6. The second-order valence-electron chi connectivity index (χ2n) is 8.34. The minimum absolute atomic E-state index is 0.00771. The second-order valence-corrected chi connectivity index (χ2v) is 8.74. The quantitative estimate of drug-likeness (QED) is 0.543. The molecule has 2 heterocycles. The molecule has 1 aliphatic rings. The Labute approximate surface area is 212 Å². The largest absolute Gasteiger partial charge is 0.494 e. The van der Waals surface area contributed by atoms with E-state index < -0.39 is 11.6 Å². The molecule has 0 bridgehead atoms. The Bertz CT molecular complexity index is 1310. The monoisotopic (exact) mass is 517 g/mol. The van der Waals surface area contributed by atoms with Crippen LogP contribution in [0.15, 0.2) is 36.5 Å². The number of hydrogen-bond acceptors (Lipinski definition) is 5. The molecule has 1 N–H and O–H groups in total. The van der Waals surface area contributed by atoms with E-state index in [1.54, 1.807) is 46.5 Å². The standard InChI is InChI=1S/C25H26ClF2N5O3/c1-15-30-13-20(18-6-7-21(36-3)24(28)23(18)27)33(15)16-4-5-17(19(26)12-16)25(35)32-10-8-31(9-11-32)22(34)14-29-2/h4-7,12-13,29H,8-11,14H2,1-3H3. The van der Waals surface area contributed by atoms with E-state index in [9.17, 15) is 18.4 Å². The zero-order chi connectivity index (χ0) is 26.0. The molecule has 0 aliphatic carbocycles. The summed E-state index contributed by atoms with van der Waals surface area (Å²) in [5.41, 5.74) is 1.19. The topological polar surface area (TPSA) is 79.7 Å². The van der Waals surface area contributed by atoms with E-state index in [0.717, 1.165) is 0 Å². The van der Waals surface area contributed by atoms with Gasteiger partial charge in [-0.15, -0.1) is 0 Å². The SMILES string of the molecule is CNCC(=O)N1CCN(C(=O)c2ccc(-n3c(-c4ccc(OC)c(F)c4F)cnc3C)cc2Cl)CC1. The summed E-state index contributed by atoms with van der Waals surface area (Å²) in [6.45, 7) is 3.68. The number of rotatable bonds is 6. The van der Waals surface area contributed by atoms with Crippen molar-refractivity contribution in [2.24, 2.45) is 0 Å². The van der Waals surface area contributed by atoms with Crippen molar-refractivity contribution in [1.82, 2.24) is 24.7 Å². The third-order valence-electron chi connectivity index (χ3n) is 6.17. The third kappa shape index (κ3) is 4.78. The molecule has 11 heteroatoms. The van der Waals surface area contributed by atoms with Crippen LogP contribution < -0.4 is 10.1 Å². The zero-order valence-corrected chi connectivity index (χ0v) is 20.9. The van der Waals surface area contributed by atoms with Gasteiger partial charge in [-0.05, 0) is 44.3 Å². The molecule has 2 amide bonds. The fourth-order valence-corrected chi connectivity index (χ4v) is 4.51. The van der Waals surface area contributed by atoms with E-state index in [-0.39, 0.29) is 34.7 Å².